The van der Waals surface area contributed by atoms with Crippen LogP contribution in [-0.2, 0) is 28.7 Å². The summed E-state index contributed by atoms with van der Waals surface area (Å²) in [4.78, 5) is 71.0. The molecule has 2 bridgehead atoms. The standard InChI is InChI=1S/C26H35N3O6/c1-16(2)25(34)35-26(12-5-6-13-26)22(31)24(33)29-18-10-7-11-19(29)23(32)28-15-21(30)27(14-20(18)28)17-8-3-4-9-17/h14,16-19H,3-13,15H2,1-2H3. The number of ketones is 1. The van der Waals surface area contributed by atoms with E-state index >= 15 is 0 Å². The molecule has 9 nitrogen and oxygen atoms in total. The quantitative estimate of drug-likeness (QED) is 0.437. The first-order valence-corrected chi connectivity index (χ1v) is 13.2. The third-order valence-electron chi connectivity index (χ3n) is 8.42. The minimum atomic E-state index is -1.44. The minimum Gasteiger partial charge on any atom is -0.450 e. The van der Waals surface area contributed by atoms with Gasteiger partial charge in [0.25, 0.3) is 11.7 Å². The molecule has 3 heterocycles. The van der Waals surface area contributed by atoms with Crippen molar-refractivity contribution in [1.82, 2.24) is 14.7 Å². The molecule has 2 unspecified atom stereocenters. The van der Waals surface area contributed by atoms with E-state index in [1.807, 2.05) is 0 Å². The molecule has 2 aliphatic carbocycles. The summed E-state index contributed by atoms with van der Waals surface area (Å²) >= 11 is 0. The molecule has 4 fully saturated rings. The van der Waals surface area contributed by atoms with Gasteiger partial charge in [0.15, 0.2) is 5.60 Å². The first-order valence-electron chi connectivity index (χ1n) is 13.2. The Hall–Kier alpha value is -2.71. The summed E-state index contributed by atoms with van der Waals surface area (Å²) in [5.41, 5.74) is -0.807. The van der Waals surface area contributed by atoms with E-state index in [1.54, 1.807) is 24.9 Å². The maximum atomic E-state index is 13.8. The van der Waals surface area contributed by atoms with Crippen molar-refractivity contribution in [2.75, 3.05) is 6.54 Å². The molecule has 2 atom stereocenters. The van der Waals surface area contributed by atoms with Crippen LogP contribution in [0.2, 0.25) is 0 Å². The van der Waals surface area contributed by atoms with Gasteiger partial charge in [0.05, 0.1) is 17.7 Å². The van der Waals surface area contributed by atoms with Crippen molar-refractivity contribution in [3.63, 3.8) is 0 Å². The summed E-state index contributed by atoms with van der Waals surface area (Å²) in [7, 11) is 0. The summed E-state index contributed by atoms with van der Waals surface area (Å²) in [5, 5.41) is 0. The van der Waals surface area contributed by atoms with E-state index < -0.39 is 41.3 Å². The largest absolute Gasteiger partial charge is 0.450 e. The van der Waals surface area contributed by atoms with Gasteiger partial charge in [-0.3, -0.25) is 24.0 Å². The van der Waals surface area contributed by atoms with Crippen LogP contribution in [0.25, 0.3) is 0 Å². The fourth-order valence-electron chi connectivity index (χ4n) is 6.49. The van der Waals surface area contributed by atoms with Gasteiger partial charge in [-0.2, -0.15) is 0 Å². The molecular formula is C26H35N3O6. The van der Waals surface area contributed by atoms with Gasteiger partial charge < -0.3 is 19.4 Å². The predicted molar refractivity (Wildman–Crippen MR) is 124 cm³/mol. The Morgan fingerprint density at radius 2 is 1.60 bits per heavy atom. The highest BCUT2D eigenvalue weighted by atomic mass is 16.6. The molecule has 3 aliphatic heterocycles. The molecule has 3 amide bonds. The fraction of sp³-hybridized carbons (Fsp3) is 0.731. The second kappa shape index (κ2) is 9.06. The molecule has 2 saturated heterocycles. The number of hydrogen-bond acceptors (Lipinski definition) is 6. The lowest BCUT2D eigenvalue weighted by atomic mass is 9.85. The number of amides is 3. The summed E-state index contributed by atoms with van der Waals surface area (Å²) in [6.07, 6.45) is 9.66. The van der Waals surface area contributed by atoms with Crippen molar-refractivity contribution < 1.29 is 28.7 Å². The van der Waals surface area contributed by atoms with Crippen molar-refractivity contribution >= 4 is 29.5 Å². The SMILES string of the molecule is CC(C)C(=O)OC1(C(=O)C(=O)N2C3CCCC2C2=CN(C4CCCC4)C(=O)CN2C3=O)CCCC1. The highest BCUT2D eigenvalue weighted by Gasteiger charge is 2.56. The number of fused-ring (bicyclic) bond motifs is 4. The van der Waals surface area contributed by atoms with Crippen molar-refractivity contribution in [1.29, 1.82) is 0 Å². The van der Waals surface area contributed by atoms with E-state index in [1.165, 1.54) is 9.80 Å². The minimum absolute atomic E-state index is 0.0138. The Kier molecular flexibility index (Phi) is 6.21. The molecule has 9 heteroatoms. The zero-order valence-corrected chi connectivity index (χ0v) is 20.7. The lowest BCUT2D eigenvalue weighted by Crippen LogP contribution is -2.68. The summed E-state index contributed by atoms with van der Waals surface area (Å²) in [5.74, 6) is -2.75. The topological polar surface area (TPSA) is 104 Å². The van der Waals surface area contributed by atoms with Crippen molar-refractivity contribution in [3.8, 4) is 0 Å². The van der Waals surface area contributed by atoms with Crippen LogP contribution in [0.1, 0.15) is 84.5 Å². The van der Waals surface area contributed by atoms with Gasteiger partial charge in [-0.15, -0.1) is 0 Å². The predicted octanol–water partition coefficient (Wildman–Crippen LogP) is 2.29. The van der Waals surface area contributed by atoms with Crippen LogP contribution in [0.5, 0.6) is 0 Å². The summed E-state index contributed by atoms with van der Waals surface area (Å²) in [6.45, 7) is 3.39. The molecule has 2 saturated carbocycles. The Bertz CT molecular complexity index is 976. The number of piperazine rings is 1. The van der Waals surface area contributed by atoms with Crippen LogP contribution in [0, 0.1) is 5.92 Å². The number of rotatable bonds is 5. The number of carbonyl (C=O) groups excluding carboxylic acids is 5. The molecule has 0 aromatic rings. The third kappa shape index (κ3) is 3.96. The molecule has 5 rings (SSSR count). The van der Waals surface area contributed by atoms with E-state index in [4.69, 9.17) is 4.74 Å². The molecule has 5 aliphatic rings. The van der Waals surface area contributed by atoms with Crippen LogP contribution in [0.15, 0.2) is 11.9 Å². The lowest BCUT2D eigenvalue weighted by molar-refractivity contribution is -0.176. The number of esters is 1. The van der Waals surface area contributed by atoms with Crippen molar-refractivity contribution in [2.24, 2.45) is 5.92 Å². The van der Waals surface area contributed by atoms with E-state index in [-0.39, 0.29) is 24.4 Å². The Labute approximate surface area is 205 Å². The highest BCUT2D eigenvalue weighted by Crippen LogP contribution is 2.41. The van der Waals surface area contributed by atoms with Crippen LogP contribution in [-0.4, -0.2) is 74.4 Å². The highest BCUT2D eigenvalue weighted by molar-refractivity contribution is 6.40. The van der Waals surface area contributed by atoms with Gasteiger partial charge in [-0.05, 0) is 57.8 Å². The van der Waals surface area contributed by atoms with Gasteiger partial charge in [0, 0.05) is 12.2 Å². The fourth-order valence-corrected chi connectivity index (χ4v) is 6.49. The van der Waals surface area contributed by atoms with Crippen LogP contribution >= 0.6 is 0 Å². The summed E-state index contributed by atoms with van der Waals surface area (Å²) in [6, 6.07) is -1.09. The molecule has 190 valence electrons. The average molecular weight is 486 g/mol. The molecule has 0 spiro atoms. The van der Waals surface area contributed by atoms with Crippen LogP contribution in [0.4, 0.5) is 0 Å². The zero-order valence-electron chi connectivity index (χ0n) is 20.7. The Morgan fingerprint density at radius 1 is 0.943 bits per heavy atom. The number of Topliss-reactive ketones (excluding diaryl/α,β-unsaturated/α-hetero) is 1. The molecule has 0 radical (unpaired) electrons. The van der Waals surface area contributed by atoms with Gasteiger partial charge in [-0.25, -0.2) is 0 Å². The number of ether oxygens (including phenoxy) is 1. The molecule has 0 N–H and O–H groups in total. The normalized spacial score (nSPS) is 28.3. The van der Waals surface area contributed by atoms with E-state index in [2.05, 4.69) is 0 Å². The molecule has 0 aromatic heterocycles. The van der Waals surface area contributed by atoms with Gasteiger partial charge in [-0.1, -0.05) is 26.7 Å². The number of piperidine rings is 1. The van der Waals surface area contributed by atoms with Gasteiger partial charge in [0.2, 0.25) is 11.8 Å². The van der Waals surface area contributed by atoms with E-state index in [0.717, 1.165) is 32.1 Å². The molecular weight excluding hydrogens is 450 g/mol. The lowest BCUT2D eigenvalue weighted by Gasteiger charge is -2.52. The third-order valence-corrected chi connectivity index (χ3v) is 8.42. The van der Waals surface area contributed by atoms with Gasteiger partial charge in [0.1, 0.15) is 12.6 Å². The number of carbonyl (C=O) groups is 5. The first-order chi connectivity index (χ1) is 16.7. The number of hydrogen-bond donors (Lipinski definition) is 0. The maximum absolute atomic E-state index is 13.8. The van der Waals surface area contributed by atoms with E-state index in [0.29, 0.717) is 44.2 Å². The smallest absolute Gasteiger partial charge is 0.309 e. The number of nitrogens with zero attached hydrogens (tertiary/aromatic N) is 3. The average Bonchev–Trinajstić information content (AvgIpc) is 3.54. The second-order valence-electron chi connectivity index (χ2n) is 11.0. The van der Waals surface area contributed by atoms with Gasteiger partial charge >= 0.3 is 5.97 Å². The van der Waals surface area contributed by atoms with Crippen molar-refractivity contribution in [2.45, 2.75) is 108 Å². The Morgan fingerprint density at radius 3 is 2.26 bits per heavy atom. The maximum Gasteiger partial charge on any atom is 0.309 e. The summed E-state index contributed by atoms with van der Waals surface area (Å²) < 4.78 is 5.69. The van der Waals surface area contributed by atoms with Crippen LogP contribution in [0.3, 0.4) is 0 Å². The van der Waals surface area contributed by atoms with Crippen LogP contribution < -0.4 is 0 Å². The second-order valence-corrected chi connectivity index (χ2v) is 11.0. The molecule has 35 heavy (non-hydrogen) atoms. The Balaban J connectivity index is 1.46. The zero-order chi connectivity index (χ0) is 24.9. The monoisotopic (exact) mass is 485 g/mol. The first kappa shape index (κ1) is 24.0. The van der Waals surface area contributed by atoms with Crippen molar-refractivity contribution in [3.05, 3.63) is 11.9 Å². The molecule has 0 aromatic carbocycles. The van der Waals surface area contributed by atoms with E-state index in [9.17, 15) is 24.0 Å².